The molecule has 21 heavy (non-hydrogen) atoms. The van der Waals surface area contributed by atoms with Gasteiger partial charge in [0.2, 0.25) is 0 Å². The first kappa shape index (κ1) is 16.4. The van der Waals surface area contributed by atoms with Crippen LogP contribution in [0.2, 0.25) is 0 Å². The molecule has 1 fully saturated rings. The van der Waals surface area contributed by atoms with Gasteiger partial charge in [-0.1, -0.05) is 36.8 Å². The smallest absolute Gasteiger partial charge is 0.0897 e. The van der Waals surface area contributed by atoms with Crippen molar-refractivity contribution >= 4 is 0 Å². The largest absolute Gasteiger partial charge is 0.389 e. The number of aliphatic hydroxyl groups excluding tert-OH is 1. The van der Waals surface area contributed by atoms with Crippen LogP contribution in [0.25, 0.3) is 0 Å². The van der Waals surface area contributed by atoms with Crippen molar-refractivity contribution in [3.05, 3.63) is 35.9 Å². The summed E-state index contributed by atoms with van der Waals surface area (Å²) in [6, 6.07) is 10.7. The number of piperidine rings is 1. The summed E-state index contributed by atoms with van der Waals surface area (Å²) < 4.78 is 5.54. The van der Waals surface area contributed by atoms with Gasteiger partial charge in [-0.2, -0.15) is 0 Å². The molecule has 2 unspecified atom stereocenters. The summed E-state index contributed by atoms with van der Waals surface area (Å²) in [7, 11) is 2.19. The fourth-order valence-electron chi connectivity index (χ4n) is 2.76. The van der Waals surface area contributed by atoms with Gasteiger partial charge in [0.1, 0.15) is 0 Å². The number of ether oxygens (including phenoxy) is 1. The quantitative estimate of drug-likeness (QED) is 0.764. The van der Waals surface area contributed by atoms with Crippen LogP contribution in [-0.4, -0.2) is 55.4 Å². The number of likely N-dealkylation sites (N-methyl/N-ethyl adjacent to an activating group) is 1. The van der Waals surface area contributed by atoms with Gasteiger partial charge in [-0.15, -0.1) is 0 Å². The number of aliphatic hydroxyl groups is 1. The molecule has 4 heteroatoms. The molecule has 2 rings (SSSR count). The Bertz CT molecular complexity index is 386. The van der Waals surface area contributed by atoms with Crippen molar-refractivity contribution in [2.45, 2.75) is 38.0 Å². The topological polar surface area (TPSA) is 44.7 Å². The van der Waals surface area contributed by atoms with Crippen LogP contribution in [0, 0.1) is 0 Å². The van der Waals surface area contributed by atoms with Crippen molar-refractivity contribution in [3.63, 3.8) is 0 Å². The van der Waals surface area contributed by atoms with E-state index in [2.05, 4.69) is 17.3 Å². The van der Waals surface area contributed by atoms with Crippen LogP contribution >= 0.6 is 0 Å². The van der Waals surface area contributed by atoms with Crippen molar-refractivity contribution in [3.8, 4) is 0 Å². The molecule has 2 atom stereocenters. The Morgan fingerprint density at radius 1 is 1.33 bits per heavy atom. The minimum absolute atomic E-state index is 0.377. The van der Waals surface area contributed by atoms with Crippen LogP contribution in [0.1, 0.15) is 24.8 Å². The van der Waals surface area contributed by atoms with Gasteiger partial charge in [0.15, 0.2) is 0 Å². The predicted octanol–water partition coefficient (Wildman–Crippen LogP) is 1.64. The first-order chi connectivity index (χ1) is 10.3. The molecule has 1 aromatic carbocycles. The maximum absolute atomic E-state index is 9.92. The zero-order valence-corrected chi connectivity index (χ0v) is 13.0. The van der Waals surface area contributed by atoms with Gasteiger partial charge in [0.05, 0.1) is 19.3 Å². The molecule has 0 radical (unpaired) electrons. The van der Waals surface area contributed by atoms with E-state index in [4.69, 9.17) is 4.74 Å². The highest BCUT2D eigenvalue weighted by molar-refractivity contribution is 5.13. The van der Waals surface area contributed by atoms with Crippen molar-refractivity contribution in [2.24, 2.45) is 0 Å². The Balaban J connectivity index is 1.54. The van der Waals surface area contributed by atoms with Gasteiger partial charge < -0.3 is 20.1 Å². The Kier molecular flexibility index (Phi) is 7.16. The first-order valence-corrected chi connectivity index (χ1v) is 7.96. The molecule has 0 amide bonds. The van der Waals surface area contributed by atoms with Crippen molar-refractivity contribution in [1.29, 1.82) is 0 Å². The average molecular weight is 292 g/mol. The zero-order chi connectivity index (χ0) is 14.9. The molecule has 118 valence electrons. The number of benzene rings is 1. The van der Waals surface area contributed by atoms with Crippen LogP contribution < -0.4 is 5.32 Å². The lowest BCUT2D eigenvalue weighted by molar-refractivity contribution is 0.0278. The predicted molar refractivity (Wildman–Crippen MR) is 85.2 cm³/mol. The van der Waals surface area contributed by atoms with Gasteiger partial charge >= 0.3 is 0 Å². The van der Waals surface area contributed by atoms with Gasteiger partial charge in [-0.25, -0.2) is 0 Å². The highest BCUT2D eigenvalue weighted by atomic mass is 16.5. The third kappa shape index (κ3) is 6.14. The molecule has 0 spiro atoms. The molecular formula is C17H28N2O2. The van der Waals surface area contributed by atoms with Gasteiger partial charge in [0.25, 0.3) is 0 Å². The van der Waals surface area contributed by atoms with Crippen molar-refractivity contribution in [1.82, 2.24) is 10.2 Å². The van der Waals surface area contributed by atoms with E-state index in [1.54, 1.807) is 0 Å². The number of likely N-dealkylation sites (tertiary alicyclic amines) is 1. The van der Waals surface area contributed by atoms with E-state index in [1.165, 1.54) is 25.8 Å². The number of rotatable bonds is 8. The van der Waals surface area contributed by atoms with E-state index < -0.39 is 6.10 Å². The summed E-state index contributed by atoms with van der Waals surface area (Å²) in [6.07, 6.45) is 3.44. The molecular weight excluding hydrogens is 264 g/mol. The van der Waals surface area contributed by atoms with E-state index >= 15 is 0 Å². The van der Waals surface area contributed by atoms with E-state index in [1.807, 2.05) is 30.3 Å². The minimum atomic E-state index is -0.442. The molecule has 1 heterocycles. The van der Waals surface area contributed by atoms with Crippen molar-refractivity contribution in [2.75, 3.05) is 33.3 Å². The van der Waals surface area contributed by atoms with Crippen LogP contribution in [0.5, 0.6) is 0 Å². The monoisotopic (exact) mass is 292 g/mol. The third-order valence-electron chi connectivity index (χ3n) is 4.10. The highest BCUT2D eigenvalue weighted by Gasteiger charge is 2.18. The molecule has 1 aromatic rings. The minimum Gasteiger partial charge on any atom is -0.389 e. The lowest BCUT2D eigenvalue weighted by Crippen LogP contribution is -2.44. The molecule has 1 aliphatic heterocycles. The van der Waals surface area contributed by atoms with Gasteiger partial charge in [-0.3, -0.25) is 0 Å². The van der Waals surface area contributed by atoms with Gasteiger partial charge in [-0.05, 0) is 32.0 Å². The molecule has 1 saturated heterocycles. The molecule has 4 nitrogen and oxygen atoms in total. The second-order valence-electron chi connectivity index (χ2n) is 5.94. The summed E-state index contributed by atoms with van der Waals surface area (Å²) in [5, 5.41) is 13.3. The Morgan fingerprint density at radius 2 is 2.14 bits per heavy atom. The first-order valence-electron chi connectivity index (χ1n) is 7.96. The summed E-state index contributed by atoms with van der Waals surface area (Å²) in [5.41, 5.74) is 1.14. The van der Waals surface area contributed by atoms with Crippen LogP contribution in [0.4, 0.5) is 0 Å². The average Bonchev–Trinajstić information content (AvgIpc) is 2.50. The number of hydrogen-bond acceptors (Lipinski definition) is 4. The van der Waals surface area contributed by atoms with E-state index in [-0.39, 0.29) is 0 Å². The normalized spacial score (nSPS) is 21.3. The highest BCUT2D eigenvalue weighted by Crippen LogP contribution is 2.13. The third-order valence-corrected chi connectivity index (χ3v) is 4.10. The molecule has 0 saturated carbocycles. The second-order valence-corrected chi connectivity index (χ2v) is 5.94. The van der Waals surface area contributed by atoms with Crippen molar-refractivity contribution < 1.29 is 9.84 Å². The van der Waals surface area contributed by atoms with Crippen LogP contribution in [0.15, 0.2) is 30.3 Å². The van der Waals surface area contributed by atoms with E-state index in [0.29, 0.717) is 25.8 Å². The molecule has 1 aliphatic rings. The molecule has 0 aromatic heterocycles. The summed E-state index contributed by atoms with van der Waals surface area (Å²) in [4.78, 5) is 2.41. The number of nitrogens with zero attached hydrogens (tertiary/aromatic N) is 1. The summed E-state index contributed by atoms with van der Waals surface area (Å²) >= 11 is 0. The fraction of sp³-hybridized carbons (Fsp3) is 0.647. The number of nitrogens with one attached hydrogen (secondary N) is 1. The Labute approximate surface area is 128 Å². The van der Waals surface area contributed by atoms with Crippen LogP contribution in [0.3, 0.4) is 0 Å². The van der Waals surface area contributed by atoms with Crippen LogP contribution in [-0.2, 0) is 11.3 Å². The maximum atomic E-state index is 9.92. The molecule has 0 bridgehead atoms. The van der Waals surface area contributed by atoms with E-state index in [0.717, 1.165) is 12.1 Å². The maximum Gasteiger partial charge on any atom is 0.0897 e. The molecule has 0 aliphatic carbocycles. The standard InChI is InChI=1S/C17H28N2O2/c1-19-10-6-5-9-16(19)11-18-12-17(20)14-21-13-15-7-3-2-4-8-15/h2-4,7-8,16-18,20H,5-6,9-14H2,1H3. The van der Waals surface area contributed by atoms with E-state index in [9.17, 15) is 5.11 Å². The second kappa shape index (κ2) is 9.15. The molecule has 2 N–H and O–H groups in total. The number of hydrogen-bond donors (Lipinski definition) is 2. The zero-order valence-electron chi connectivity index (χ0n) is 13.0. The van der Waals surface area contributed by atoms with Gasteiger partial charge in [0, 0.05) is 19.1 Å². The fourth-order valence-corrected chi connectivity index (χ4v) is 2.76. The summed E-state index contributed by atoms with van der Waals surface area (Å²) in [5.74, 6) is 0. The Morgan fingerprint density at radius 3 is 2.90 bits per heavy atom. The Hall–Kier alpha value is -0.940. The lowest BCUT2D eigenvalue weighted by Gasteiger charge is -2.32. The summed E-state index contributed by atoms with van der Waals surface area (Å²) in [6.45, 7) is 3.67. The lowest BCUT2D eigenvalue weighted by atomic mass is 10.0. The SMILES string of the molecule is CN1CCCCC1CNCC(O)COCc1ccccc1.